The summed E-state index contributed by atoms with van der Waals surface area (Å²) < 4.78 is 33.5. The van der Waals surface area contributed by atoms with E-state index in [0.29, 0.717) is 16.5 Å². The molecule has 1 aromatic rings. The van der Waals surface area contributed by atoms with Crippen molar-refractivity contribution in [3.05, 3.63) is 28.8 Å². The van der Waals surface area contributed by atoms with E-state index >= 15 is 0 Å². The molecule has 0 saturated heterocycles. The van der Waals surface area contributed by atoms with Gasteiger partial charge in [-0.25, -0.2) is 4.79 Å². The van der Waals surface area contributed by atoms with Gasteiger partial charge in [-0.1, -0.05) is 15.9 Å². The number of halogens is 3. The fourth-order valence-corrected chi connectivity index (χ4v) is 2.27. The average Bonchev–Trinajstić information content (AvgIpc) is 2.27. The maximum atomic E-state index is 12.2. The first-order valence-electron chi connectivity index (χ1n) is 5.31. The van der Waals surface area contributed by atoms with Gasteiger partial charge in [0.05, 0.1) is 12.2 Å². The van der Waals surface area contributed by atoms with Crippen LogP contribution in [0.3, 0.4) is 0 Å². The minimum Gasteiger partial charge on any atom is -0.462 e. The van der Waals surface area contributed by atoms with E-state index in [1.165, 1.54) is 12.1 Å². The smallest absolute Gasteiger partial charge is 0.387 e. The highest BCUT2D eigenvalue weighted by molar-refractivity contribution is 9.08. The normalized spacial score (nSPS) is 10.6. The molecule has 0 bridgehead atoms. The van der Waals surface area contributed by atoms with Crippen molar-refractivity contribution in [2.75, 3.05) is 6.61 Å². The van der Waals surface area contributed by atoms with Gasteiger partial charge in [-0.15, -0.1) is 0 Å². The average molecular weight is 323 g/mol. The second-order valence-electron chi connectivity index (χ2n) is 3.50. The first-order valence-corrected chi connectivity index (χ1v) is 6.43. The number of esters is 1. The Bertz CT molecular complexity index is 436. The van der Waals surface area contributed by atoms with Gasteiger partial charge in [-0.2, -0.15) is 8.78 Å². The van der Waals surface area contributed by atoms with Crippen molar-refractivity contribution in [3.8, 4) is 5.75 Å². The lowest BCUT2D eigenvalue weighted by atomic mass is 10.0. The summed E-state index contributed by atoms with van der Waals surface area (Å²) in [6.07, 6.45) is 0. The summed E-state index contributed by atoms with van der Waals surface area (Å²) in [5.74, 6) is -0.593. The number of hydrogen-bond acceptors (Lipinski definition) is 3. The van der Waals surface area contributed by atoms with Crippen LogP contribution in [-0.4, -0.2) is 19.2 Å². The molecular formula is C12H13BrF2O3. The van der Waals surface area contributed by atoms with Gasteiger partial charge in [0.25, 0.3) is 0 Å². The van der Waals surface area contributed by atoms with Gasteiger partial charge in [0.1, 0.15) is 5.75 Å². The second-order valence-corrected chi connectivity index (χ2v) is 4.06. The molecule has 0 aliphatic carbocycles. The van der Waals surface area contributed by atoms with Crippen LogP contribution in [0.5, 0.6) is 5.75 Å². The van der Waals surface area contributed by atoms with Crippen molar-refractivity contribution in [3.63, 3.8) is 0 Å². The van der Waals surface area contributed by atoms with Gasteiger partial charge in [-0.3, -0.25) is 0 Å². The molecule has 0 saturated carbocycles. The van der Waals surface area contributed by atoms with Crippen molar-refractivity contribution >= 4 is 21.9 Å². The molecule has 0 unspecified atom stereocenters. The number of aryl methyl sites for hydroxylation is 1. The van der Waals surface area contributed by atoms with Crippen LogP contribution in [0.2, 0.25) is 0 Å². The number of carbonyl (C=O) groups is 1. The molecule has 1 rings (SSSR count). The minimum absolute atomic E-state index is 0.0461. The third-order valence-electron chi connectivity index (χ3n) is 2.30. The predicted octanol–water partition coefficient (Wildman–Crippen LogP) is 3.67. The van der Waals surface area contributed by atoms with Gasteiger partial charge in [0, 0.05) is 5.33 Å². The van der Waals surface area contributed by atoms with Crippen LogP contribution in [0, 0.1) is 6.92 Å². The summed E-state index contributed by atoms with van der Waals surface area (Å²) in [4.78, 5) is 11.7. The third-order valence-corrected chi connectivity index (χ3v) is 2.86. The molecule has 0 fully saturated rings. The van der Waals surface area contributed by atoms with Crippen molar-refractivity contribution in [1.29, 1.82) is 0 Å². The zero-order valence-electron chi connectivity index (χ0n) is 10.0. The van der Waals surface area contributed by atoms with Crippen LogP contribution in [-0.2, 0) is 10.1 Å². The predicted molar refractivity (Wildman–Crippen MR) is 66.4 cm³/mol. The number of alkyl halides is 3. The van der Waals surface area contributed by atoms with Gasteiger partial charge in [0.2, 0.25) is 0 Å². The molecule has 3 nitrogen and oxygen atoms in total. The van der Waals surface area contributed by atoms with E-state index in [0.717, 1.165) is 0 Å². The fourth-order valence-electron chi connectivity index (χ4n) is 1.52. The molecule has 0 amide bonds. The van der Waals surface area contributed by atoms with Crippen LogP contribution in [0.25, 0.3) is 0 Å². The highest BCUT2D eigenvalue weighted by atomic mass is 79.9. The molecule has 18 heavy (non-hydrogen) atoms. The summed E-state index contributed by atoms with van der Waals surface area (Å²) in [7, 11) is 0. The molecule has 6 heteroatoms. The largest absolute Gasteiger partial charge is 0.462 e. The summed E-state index contributed by atoms with van der Waals surface area (Å²) in [6.45, 7) is 0.698. The summed E-state index contributed by atoms with van der Waals surface area (Å²) >= 11 is 3.26. The maximum absolute atomic E-state index is 12.2. The Labute approximate surface area is 112 Å². The highest BCUT2D eigenvalue weighted by Gasteiger charge is 2.17. The van der Waals surface area contributed by atoms with Crippen molar-refractivity contribution in [2.45, 2.75) is 25.8 Å². The van der Waals surface area contributed by atoms with Gasteiger partial charge >= 0.3 is 12.6 Å². The van der Waals surface area contributed by atoms with Crippen molar-refractivity contribution < 1.29 is 23.0 Å². The second kappa shape index (κ2) is 6.68. The standard InChI is InChI=1S/C12H13BrF2O3/c1-3-17-11(16)9-5-8(18-12(14)15)4-7(2)10(9)6-13/h4-5,12H,3,6H2,1-2H3. The topological polar surface area (TPSA) is 35.5 Å². The van der Waals surface area contributed by atoms with Crippen LogP contribution in [0.15, 0.2) is 12.1 Å². The zero-order chi connectivity index (χ0) is 13.7. The molecular weight excluding hydrogens is 310 g/mol. The molecule has 0 atom stereocenters. The minimum atomic E-state index is -2.92. The highest BCUT2D eigenvalue weighted by Crippen LogP contribution is 2.26. The third kappa shape index (κ3) is 3.66. The summed E-state index contributed by atoms with van der Waals surface area (Å²) in [5.41, 5.74) is 1.63. The lowest BCUT2D eigenvalue weighted by molar-refractivity contribution is -0.0499. The van der Waals surface area contributed by atoms with E-state index in [1.807, 2.05) is 0 Å². The number of ether oxygens (including phenoxy) is 2. The van der Waals surface area contributed by atoms with E-state index in [-0.39, 0.29) is 17.9 Å². The van der Waals surface area contributed by atoms with Gasteiger partial charge < -0.3 is 9.47 Å². The van der Waals surface area contributed by atoms with Crippen molar-refractivity contribution in [1.82, 2.24) is 0 Å². The molecule has 0 spiro atoms. The molecule has 0 N–H and O–H groups in total. The van der Waals surface area contributed by atoms with E-state index in [2.05, 4.69) is 20.7 Å². The number of benzene rings is 1. The van der Waals surface area contributed by atoms with Crippen LogP contribution < -0.4 is 4.74 Å². The lowest BCUT2D eigenvalue weighted by Crippen LogP contribution is -2.10. The molecule has 0 aliphatic rings. The number of carbonyl (C=O) groups excluding carboxylic acids is 1. The monoisotopic (exact) mass is 322 g/mol. The Morgan fingerprint density at radius 1 is 1.44 bits per heavy atom. The Hall–Kier alpha value is -1.17. The Morgan fingerprint density at radius 3 is 2.61 bits per heavy atom. The molecule has 0 aliphatic heterocycles. The van der Waals surface area contributed by atoms with Gasteiger partial charge in [-0.05, 0) is 37.1 Å². The number of hydrogen-bond donors (Lipinski definition) is 0. The lowest BCUT2D eigenvalue weighted by Gasteiger charge is -2.13. The first kappa shape index (κ1) is 14.9. The Morgan fingerprint density at radius 2 is 2.11 bits per heavy atom. The Kier molecular flexibility index (Phi) is 5.53. The zero-order valence-corrected chi connectivity index (χ0v) is 11.6. The van der Waals surface area contributed by atoms with Crippen LogP contribution in [0.4, 0.5) is 8.78 Å². The van der Waals surface area contributed by atoms with E-state index in [1.54, 1.807) is 13.8 Å². The molecule has 0 heterocycles. The SMILES string of the molecule is CCOC(=O)c1cc(OC(F)F)cc(C)c1CBr. The van der Waals surface area contributed by atoms with E-state index in [9.17, 15) is 13.6 Å². The van der Waals surface area contributed by atoms with Crippen LogP contribution in [0.1, 0.15) is 28.4 Å². The van der Waals surface area contributed by atoms with E-state index < -0.39 is 12.6 Å². The fraction of sp³-hybridized carbons (Fsp3) is 0.417. The quantitative estimate of drug-likeness (QED) is 0.613. The first-order chi connectivity index (χ1) is 8.49. The molecule has 1 aromatic carbocycles. The molecule has 100 valence electrons. The summed E-state index contributed by atoms with van der Waals surface area (Å²) in [6, 6.07) is 2.74. The molecule has 0 radical (unpaired) electrons. The van der Waals surface area contributed by atoms with Gasteiger partial charge in [0.15, 0.2) is 0 Å². The van der Waals surface area contributed by atoms with Crippen molar-refractivity contribution in [2.24, 2.45) is 0 Å². The number of rotatable bonds is 5. The maximum Gasteiger partial charge on any atom is 0.387 e. The van der Waals surface area contributed by atoms with E-state index in [4.69, 9.17) is 4.74 Å². The summed E-state index contributed by atoms with van der Waals surface area (Å²) in [5, 5.41) is 0.432. The van der Waals surface area contributed by atoms with Crippen LogP contribution >= 0.6 is 15.9 Å². The Balaban J connectivity index is 3.18. The molecule has 0 aromatic heterocycles.